The highest BCUT2D eigenvalue weighted by molar-refractivity contribution is 5.90. The summed E-state index contributed by atoms with van der Waals surface area (Å²) in [7, 11) is 0. The van der Waals surface area contributed by atoms with Crippen LogP contribution in [0.5, 0.6) is 11.5 Å². The van der Waals surface area contributed by atoms with Crippen molar-refractivity contribution in [2.75, 3.05) is 6.61 Å². The van der Waals surface area contributed by atoms with Crippen LogP contribution in [0.2, 0.25) is 0 Å². The number of hydrogen-bond acceptors (Lipinski definition) is 3. The van der Waals surface area contributed by atoms with Crippen molar-refractivity contribution in [1.82, 2.24) is 0 Å². The van der Waals surface area contributed by atoms with Crippen molar-refractivity contribution in [3.63, 3.8) is 0 Å². The Morgan fingerprint density at radius 1 is 0.632 bits per heavy atom. The Kier molecular flexibility index (Phi) is 14.1. The molecule has 0 spiro atoms. The molecule has 0 saturated carbocycles. The van der Waals surface area contributed by atoms with E-state index in [9.17, 15) is 4.79 Å². The predicted octanol–water partition coefficient (Wildman–Crippen LogP) is 10.3. The Morgan fingerprint density at radius 3 is 1.82 bits per heavy atom. The first-order chi connectivity index (χ1) is 18.7. The second-order valence-corrected chi connectivity index (χ2v) is 10.3. The minimum absolute atomic E-state index is 0.390. The maximum absolute atomic E-state index is 12.2. The lowest BCUT2D eigenvalue weighted by Gasteiger charge is -2.07. The molecule has 0 fully saturated rings. The van der Waals surface area contributed by atoms with Gasteiger partial charge in [-0.25, -0.2) is 4.79 Å². The normalized spacial score (nSPS) is 11.3. The SMILES string of the molecule is CCCCCCCCCCCCCCCCOc1ccc(/C=C/C(=O)Oc2ccc3ccccc3c2)cc1. The van der Waals surface area contributed by atoms with Gasteiger partial charge in [0.15, 0.2) is 0 Å². The Balaban J connectivity index is 1.21. The minimum Gasteiger partial charge on any atom is -0.494 e. The Labute approximate surface area is 230 Å². The van der Waals surface area contributed by atoms with Crippen LogP contribution in [0.15, 0.2) is 72.8 Å². The molecular weight excluding hydrogens is 468 g/mol. The third-order valence-corrected chi connectivity index (χ3v) is 7.00. The smallest absolute Gasteiger partial charge is 0.336 e. The van der Waals surface area contributed by atoms with Gasteiger partial charge in [-0.15, -0.1) is 0 Å². The van der Waals surface area contributed by atoms with Gasteiger partial charge < -0.3 is 9.47 Å². The van der Waals surface area contributed by atoms with E-state index in [1.54, 1.807) is 6.08 Å². The molecule has 0 aliphatic heterocycles. The van der Waals surface area contributed by atoms with E-state index in [0.29, 0.717) is 5.75 Å². The van der Waals surface area contributed by atoms with E-state index in [2.05, 4.69) is 6.92 Å². The quantitative estimate of drug-likeness (QED) is 0.0691. The van der Waals surface area contributed by atoms with Gasteiger partial charge >= 0.3 is 5.97 Å². The molecule has 0 heterocycles. The molecule has 3 aromatic rings. The Morgan fingerprint density at radius 2 is 1.18 bits per heavy atom. The monoisotopic (exact) mass is 514 g/mol. The Bertz CT molecular complexity index is 1080. The molecule has 0 amide bonds. The fourth-order valence-corrected chi connectivity index (χ4v) is 4.71. The van der Waals surface area contributed by atoms with Crippen molar-refractivity contribution < 1.29 is 14.3 Å². The van der Waals surface area contributed by atoms with Crippen molar-refractivity contribution in [3.05, 3.63) is 78.4 Å². The summed E-state index contributed by atoms with van der Waals surface area (Å²) in [6.45, 7) is 3.04. The molecule has 0 aromatic heterocycles. The van der Waals surface area contributed by atoms with E-state index < -0.39 is 5.97 Å². The van der Waals surface area contributed by atoms with Crippen molar-refractivity contribution in [1.29, 1.82) is 0 Å². The Hall–Kier alpha value is -3.07. The molecule has 0 aliphatic carbocycles. The summed E-state index contributed by atoms with van der Waals surface area (Å²) >= 11 is 0. The van der Waals surface area contributed by atoms with Crippen molar-refractivity contribution in [3.8, 4) is 11.5 Å². The fraction of sp³-hybridized carbons (Fsp3) is 0.457. The molecule has 0 N–H and O–H groups in total. The van der Waals surface area contributed by atoms with Gasteiger partial charge in [-0.1, -0.05) is 133 Å². The van der Waals surface area contributed by atoms with Crippen molar-refractivity contribution in [2.45, 2.75) is 96.8 Å². The number of hydrogen-bond donors (Lipinski definition) is 0. The molecule has 0 atom stereocenters. The molecule has 3 aromatic carbocycles. The highest BCUT2D eigenvalue weighted by atomic mass is 16.5. The maximum Gasteiger partial charge on any atom is 0.336 e. The zero-order valence-electron chi connectivity index (χ0n) is 23.3. The van der Waals surface area contributed by atoms with E-state index in [1.807, 2.05) is 66.7 Å². The van der Waals surface area contributed by atoms with Crippen LogP contribution in [0.25, 0.3) is 16.8 Å². The van der Waals surface area contributed by atoms with Crippen LogP contribution in [0.1, 0.15) is 102 Å². The summed E-state index contributed by atoms with van der Waals surface area (Å²) in [6.07, 6.45) is 22.3. The van der Waals surface area contributed by atoms with Gasteiger partial charge in [-0.3, -0.25) is 0 Å². The summed E-state index contributed by atoms with van der Waals surface area (Å²) in [6, 6.07) is 21.5. The molecule has 3 rings (SSSR count). The third-order valence-electron chi connectivity index (χ3n) is 7.00. The fourth-order valence-electron chi connectivity index (χ4n) is 4.71. The molecule has 3 heteroatoms. The van der Waals surface area contributed by atoms with E-state index in [-0.39, 0.29) is 0 Å². The van der Waals surface area contributed by atoms with Crippen LogP contribution in [0, 0.1) is 0 Å². The summed E-state index contributed by atoms with van der Waals surface area (Å²) in [5.41, 5.74) is 0.935. The lowest BCUT2D eigenvalue weighted by molar-refractivity contribution is -0.128. The largest absolute Gasteiger partial charge is 0.494 e. The first-order valence-electron chi connectivity index (χ1n) is 14.9. The number of fused-ring (bicyclic) bond motifs is 1. The van der Waals surface area contributed by atoms with Crippen LogP contribution >= 0.6 is 0 Å². The third kappa shape index (κ3) is 12.0. The average molecular weight is 515 g/mol. The van der Waals surface area contributed by atoms with Gasteiger partial charge in [-0.05, 0) is 53.1 Å². The number of carbonyl (C=O) groups excluding carboxylic acids is 1. The first-order valence-corrected chi connectivity index (χ1v) is 14.9. The molecule has 3 nitrogen and oxygen atoms in total. The topological polar surface area (TPSA) is 35.5 Å². The number of carbonyl (C=O) groups is 1. The molecule has 0 unspecified atom stereocenters. The van der Waals surface area contributed by atoms with E-state index in [4.69, 9.17) is 9.47 Å². The molecule has 0 saturated heterocycles. The number of ether oxygens (including phenoxy) is 2. The molecule has 0 bridgehead atoms. The number of rotatable bonds is 19. The first kappa shape index (κ1) is 29.5. The van der Waals surface area contributed by atoms with Gasteiger partial charge in [0.25, 0.3) is 0 Å². The van der Waals surface area contributed by atoms with Crippen LogP contribution in [-0.2, 0) is 4.79 Å². The molecule has 204 valence electrons. The van der Waals surface area contributed by atoms with E-state index in [1.165, 1.54) is 89.5 Å². The second kappa shape index (κ2) is 18.2. The number of unbranched alkanes of at least 4 members (excludes halogenated alkanes) is 13. The van der Waals surface area contributed by atoms with Crippen LogP contribution in [-0.4, -0.2) is 12.6 Å². The average Bonchev–Trinajstić information content (AvgIpc) is 2.94. The van der Waals surface area contributed by atoms with Crippen molar-refractivity contribution in [2.24, 2.45) is 0 Å². The molecule has 38 heavy (non-hydrogen) atoms. The van der Waals surface area contributed by atoms with Gasteiger partial charge in [0, 0.05) is 6.08 Å². The van der Waals surface area contributed by atoms with Gasteiger partial charge in [0.05, 0.1) is 6.61 Å². The predicted molar refractivity (Wildman–Crippen MR) is 161 cm³/mol. The molecule has 0 aliphatic rings. The number of esters is 1. The summed E-state index contributed by atoms with van der Waals surface area (Å²) < 4.78 is 11.3. The zero-order valence-corrected chi connectivity index (χ0v) is 23.3. The van der Waals surface area contributed by atoms with Gasteiger partial charge in [0.2, 0.25) is 0 Å². The van der Waals surface area contributed by atoms with E-state index >= 15 is 0 Å². The van der Waals surface area contributed by atoms with Crippen LogP contribution < -0.4 is 9.47 Å². The summed E-state index contributed by atoms with van der Waals surface area (Å²) in [5.74, 6) is 1.03. The minimum atomic E-state index is -0.390. The number of benzene rings is 3. The van der Waals surface area contributed by atoms with Crippen LogP contribution in [0.3, 0.4) is 0 Å². The highest BCUT2D eigenvalue weighted by Crippen LogP contribution is 2.21. The lowest BCUT2D eigenvalue weighted by Crippen LogP contribution is -2.03. The maximum atomic E-state index is 12.2. The summed E-state index contributed by atoms with van der Waals surface area (Å²) in [4.78, 5) is 12.2. The summed E-state index contributed by atoms with van der Waals surface area (Å²) in [5, 5.41) is 2.17. The van der Waals surface area contributed by atoms with Gasteiger partial charge in [-0.2, -0.15) is 0 Å². The van der Waals surface area contributed by atoms with Crippen LogP contribution in [0.4, 0.5) is 0 Å². The highest BCUT2D eigenvalue weighted by Gasteiger charge is 2.02. The standard InChI is InChI=1S/C35H46O3/c1-2-3-4-5-6-7-8-9-10-11-12-13-14-17-28-37-33-24-20-30(21-25-33)22-27-35(36)38-34-26-23-31-18-15-16-19-32(31)29-34/h15-16,18-27,29H,2-14,17,28H2,1H3/b27-22+. The zero-order chi connectivity index (χ0) is 26.7. The lowest BCUT2D eigenvalue weighted by atomic mass is 10.0. The molecule has 0 radical (unpaired) electrons. The second-order valence-electron chi connectivity index (χ2n) is 10.3. The van der Waals surface area contributed by atoms with E-state index in [0.717, 1.165) is 35.1 Å². The molecular formula is C35H46O3. The van der Waals surface area contributed by atoms with Gasteiger partial charge in [0.1, 0.15) is 11.5 Å². The van der Waals surface area contributed by atoms with Crippen molar-refractivity contribution >= 4 is 22.8 Å².